The van der Waals surface area contributed by atoms with Crippen LogP contribution in [0, 0.1) is 0 Å². The molecule has 4 nitrogen and oxygen atoms in total. The van der Waals surface area contributed by atoms with Crippen molar-refractivity contribution < 1.29 is 4.79 Å². The Hall–Kier alpha value is -1.16. The fourth-order valence-electron chi connectivity index (χ4n) is 1.43. The van der Waals surface area contributed by atoms with E-state index in [-0.39, 0.29) is 11.8 Å². The molecule has 0 fully saturated rings. The molecule has 0 aliphatic rings. The highest BCUT2D eigenvalue weighted by atomic mass is 35.5. The second-order valence-corrected chi connectivity index (χ2v) is 4.71. The fraction of sp³-hybridized carbons (Fsp3) is 0.583. The average molecular weight is 256 g/mol. The number of halogens is 1. The zero-order chi connectivity index (χ0) is 13.0. The molecule has 0 bridgehead atoms. The highest BCUT2D eigenvalue weighted by molar-refractivity contribution is 6.33. The summed E-state index contributed by atoms with van der Waals surface area (Å²) in [5.41, 5.74) is 0.293. The highest BCUT2D eigenvalue weighted by Crippen LogP contribution is 2.17. The summed E-state index contributed by atoms with van der Waals surface area (Å²) < 4.78 is 0. The standard InChI is InChI=1S/C12H18ClN3O/c1-5-6-16(4)12(17)10-9(13)7-14-11(15-10)8(2)3/h7-8H,5-6H2,1-4H3. The molecular formula is C12H18ClN3O. The first-order valence-electron chi connectivity index (χ1n) is 5.75. The van der Waals surface area contributed by atoms with E-state index < -0.39 is 0 Å². The molecule has 0 aliphatic heterocycles. The van der Waals surface area contributed by atoms with E-state index in [1.807, 2.05) is 20.8 Å². The molecule has 0 spiro atoms. The molecule has 0 aromatic carbocycles. The molecule has 5 heteroatoms. The van der Waals surface area contributed by atoms with E-state index >= 15 is 0 Å². The Morgan fingerprint density at radius 3 is 2.71 bits per heavy atom. The topological polar surface area (TPSA) is 46.1 Å². The molecule has 17 heavy (non-hydrogen) atoms. The Kier molecular flexibility index (Phi) is 4.87. The van der Waals surface area contributed by atoms with Gasteiger partial charge in [-0.25, -0.2) is 9.97 Å². The third-order valence-electron chi connectivity index (χ3n) is 2.39. The van der Waals surface area contributed by atoms with Gasteiger partial charge < -0.3 is 4.90 Å². The van der Waals surface area contributed by atoms with E-state index in [1.54, 1.807) is 11.9 Å². The molecule has 0 N–H and O–H groups in total. The van der Waals surface area contributed by atoms with Gasteiger partial charge in [-0.3, -0.25) is 4.79 Å². The van der Waals surface area contributed by atoms with E-state index in [0.29, 0.717) is 23.1 Å². The van der Waals surface area contributed by atoms with Crippen LogP contribution in [-0.2, 0) is 0 Å². The minimum absolute atomic E-state index is 0.152. The number of carbonyl (C=O) groups excluding carboxylic acids is 1. The minimum atomic E-state index is -0.152. The van der Waals surface area contributed by atoms with Gasteiger partial charge >= 0.3 is 0 Å². The highest BCUT2D eigenvalue weighted by Gasteiger charge is 2.18. The van der Waals surface area contributed by atoms with Gasteiger partial charge in [0, 0.05) is 19.5 Å². The van der Waals surface area contributed by atoms with Gasteiger partial charge in [0.05, 0.1) is 11.2 Å². The van der Waals surface area contributed by atoms with Crippen LogP contribution < -0.4 is 0 Å². The molecule has 0 saturated heterocycles. The average Bonchev–Trinajstić information content (AvgIpc) is 2.28. The Bertz CT molecular complexity index is 407. The molecule has 0 saturated carbocycles. The van der Waals surface area contributed by atoms with Crippen molar-refractivity contribution in [3.05, 3.63) is 22.7 Å². The number of nitrogens with zero attached hydrogens (tertiary/aromatic N) is 3. The van der Waals surface area contributed by atoms with E-state index in [9.17, 15) is 4.79 Å². The molecule has 1 heterocycles. The van der Waals surface area contributed by atoms with Crippen LogP contribution in [0.3, 0.4) is 0 Å². The van der Waals surface area contributed by atoms with Gasteiger partial charge in [-0.1, -0.05) is 32.4 Å². The zero-order valence-electron chi connectivity index (χ0n) is 10.7. The van der Waals surface area contributed by atoms with Crippen LogP contribution in [0.5, 0.6) is 0 Å². The maximum Gasteiger partial charge on any atom is 0.273 e. The van der Waals surface area contributed by atoms with Crippen LogP contribution in [0.15, 0.2) is 6.20 Å². The van der Waals surface area contributed by atoms with Crippen molar-refractivity contribution in [2.75, 3.05) is 13.6 Å². The third-order valence-corrected chi connectivity index (χ3v) is 2.66. The predicted octanol–water partition coefficient (Wildman–Crippen LogP) is 2.74. The molecule has 0 unspecified atom stereocenters. The van der Waals surface area contributed by atoms with Crippen molar-refractivity contribution in [3.8, 4) is 0 Å². The van der Waals surface area contributed by atoms with Crippen molar-refractivity contribution in [1.29, 1.82) is 0 Å². The normalized spacial score (nSPS) is 10.7. The smallest absolute Gasteiger partial charge is 0.273 e. The lowest BCUT2D eigenvalue weighted by atomic mass is 10.2. The number of carbonyl (C=O) groups is 1. The van der Waals surface area contributed by atoms with Crippen LogP contribution in [0.1, 0.15) is 49.4 Å². The van der Waals surface area contributed by atoms with Crippen LogP contribution in [-0.4, -0.2) is 34.4 Å². The number of aromatic nitrogens is 2. The number of hydrogen-bond donors (Lipinski definition) is 0. The van der Waals surface area contributed by atoms with E-state index in [0.717, 1.165) is 6.42 Å². The Balaban J connectivity index is 3.03. The van der Waals surface area contributed by atoms with E-state index in [2.05, 4.69) is 9.97 Å². The first kappa shape index (κ1) is 13.9. The number of rotatable bonds is 4. The molecule has 1 amide bonds. The van der Waals surface area contributed by atoms with Gasteiger partial charge in [0.15, 0.2) is 5.69 Å². The van der Waals surface area contributed by atoms with Crippen molar-refractivity contribution in [1.82, 2.24) is 14.9 Å². The third kappa shape index (κ3) is 3.40. The Labute approximate surface area is 107 Å². The molecule has 94 valence electrons. The monoisotopic (exact) mass is 255 g/mol. The van der Waals surface area contributed by atoms with E-state index in [4.69, 9.17) is 11.6 Å². The Morgan fingerprint density at radius 1 is 1.53 bits per heavy atom. The molecule has 1 aromatic rings. The SMILES string of the molecule is CCCN(C)C(=O)c1nc(C(C)C)ncc1Cl. The quantitative estimate of drug-likeness (QED) is 0.831. The summed E-state index contributed by atoms with van der Waals surface area (Å²) in [6.45, 7) is 6.67. The lowest BCUT2D eigenvalue weighted by molar-refractivity contribution is 0.0789. The molecule has 0 atom stereocenters. The number of hydrogen-bond acceptors (Lipinski definition) is 3. The van der Waals surface area contributed by atoms with Gasteiger partial charge in [0.25, 0.3) is 5.91 Å². The van der Waals surface area contributed by atoms with Gasteiger partial charge in [0.1, 0.15) is 5.82 Å². The molecule has 1 aromatic heterocycles. The lowest BCUT2D eigenvalue weighted by Gasteiger charge is -2.16. The lowest BCUT2D eigenvalue weighted by Crippen LogP contribution is -2.29. The van der Waals surface area contributed by atoms with Crippen LogP contribution >= 0.6 is 11.6 Å². The Morgan fingerprint density at radius 2 is 2.18 bits per heavy atom. The van der Waals surface area contributed by atoms with Crippen LogP contribution in [0.25, 0.3) is 0 Å². The summed E-state index contributed by atoms with van der Waals surface area (Å²) in [5, 5.41) is 0.308. The summed E-state index contributed by atoms with van der Waals surface area (Å²) in [6.07, 6.45) is 2.40. The fourth-order valence-corrected chi connectivity index (χ4v) is 1.60. The van der Waals surface area contributed by atoms with Gasteiger partial charge in [0.2, 0.25) is 0 Å². The first-order chi connectivity index (χ1) is 7.97. The summed E-state index contributed by atoms with van der Waals surface area (Å²) in [4.78, 5) is 22.1. The van der Waals surface area contributed by atoms with Gasteiger partial charge in [-0.05, 0) is 6.42 Å². The predicted molar refractivity (Wildman–Crippen MR) is 68.4 cm³/mol. The maximum atomic E-state index is 12.1. The van der Waals surface area contributed by atoms with Gasteiger partial charge in [-0.2, -0.15) is 0 Å². The minimum Gasteiger partial charge on any atom is -0.340 e. The zero-order valence-corrected chi connectivity index (χ0v) is 11.5. The second-order valence-electron chi connectivity index (χ2n) is 4.31. The molecule has 0 aliphatic carbocycles. The summed E-state index contributed by atoms with van der Waals surface area (Å²) in [6, 6.07) is 0. The number of amides is 1. The molecular weight excluding hydrogens is 238 g/mol. The maximum absolute atomic E-state index is 12.1. The van der Waals surface area contributed by atoms with Crippen LogP contribution in [0.4, 0.5) is 0 Å². The second kappa shape index (κ2) is 5.96. The molecule has 0 radical (unpaired) electrons. The van der Waals surface area contributed by atoms with Crippen molar-refractivity contribution >= 4 is 17.5 Å². The molecule has 1 rings (SSSR count). The van der Waals surface area contributed by atoms with Crippen LogP contribution in [0.2, 0.25) is 5.02 Å². The summed E-state index contributed by atoms with van der Waals surface area (Å²) in [7, 11) is 1.75. The summed E-state index contributed by atoms with van der Waals surface area (Å²) in [5.74, 6) is 0.666. The summed E-state index contributed by atoms with van der Waals surface area (Å²) >= 11 is 5.97. The van der Waals surface area contributed by atoms with Gasteiger partial charge in [-0.15, -0.1) is 0 Å². The van der Waals surface area contributed by atoms with Crippen molar-refractivity contribution in [2.45, 2.75) is 33.1 Å². The van der Waals surface area contributed by atoms with Crippen molar-refractivity contribution in [3.63, 3.8) is 0 Å². The first-order valence-corrected chi connectivity index (χ1v) is 6.13. The van der Waals surface area contributed by atoms with E-state index in [1.165, 1.54) is 6.20 Å². The largest absolute Gasteiger partial charge is 0.340 e. The van der Waals surface area contributed by atoms with Crippen molar-refractivity contribution in [2.24, 2.45) is 0 Å².